The quantitative estimate of drug-likeness (QED) is 0.634. The van der Waals surface area contributed by atoms with Crippen LogP contribution in [0.5, 0.6) is 0 Å². The molecule has 84 valence electrons. The van der Waals surface area contributed by atoms with E-state index in [1.165, 1.54) is 0 Å². The van der Waals surface area contributed by atoms with Gasteiger partial charge in [-0.2, -0.15) is 0 Å². The summed E-state index contributed by atoms with van der Waals surface area (Å²) in [5.74, 6) is -0.836. The Balaban J connectivity index is 0. The van der Waals surface area contributed by atoms with E-state index in [0.29, 0.717) is 6.42 Å². The molecule has 0 aliphatic carbocycles. The molecule has 0 bridgehead atoms. The summed E-state index contributed by atoms with van der Waals surface area (Å²) in [5, 5.41) is 17.8. The fraction of sp³-hybridized carbons (Fsp3) is 0.417. The zero-order valence-corrected chi connectivity index (χ0v) is 12.0. The minimum atomic E-state index is -0.863. The molecule has 0 heterocycles. The van der Waals surface area contributed by atoms with Crippen LogP contribution in [0.1, 0.15) is 26.4 Å². The Kier molecular flexibility index (Phi) is 6.26. The second-order valence-electron chi connectivity index (χ2n) is 4.10. The van der Waals surface area contributed by atoms with Gasteiger partial charge in [-0.3, -0.25) is 4.79 Å². The molecule has 4 heteroatoms. The first-order valence-electron chi connectivity index (χ1n) is 4.92. The zero-order chi connectivity index (χ0) is 11.5. The summed E-state index contributed by atoms with van der Waals surface area (Å²) in [5.41, 5.74) is 0.928. The number of carboxylic acid groups (broad SMARTS) is 1. The van der Waals surface area contributed by atoms with E-state index in [1.54, 1.807) is 26.0 Å². The zero-order valence-electron chi connectivity index (χ0n) is 11.0. The maximum atomic E-state index is 11.0. The first-order valence-corrected chi connectivity index (χ1v) is 4.92. The summed E-state index contributed by atoms with van der Waals surface area (Å²) >= 11 is 0. The Bertz CT molecular complexity index is 349. The molecule has 1 aromatic carbocycles. The molecule has 16 heavy (non-hydrogen) atoms. The molecule has 1 aromatic rings. The number of rotatable bonds is 4. The van der Waals surface area contributed by atoms with E-state index >= 15 is 0 Å². The van der Waals surface area contributed by atoms with Gasteiger partial charge in [0.05, 0.1) is 5.41 Å². The second kappa shape index (κ2) is 6.40. The van der Waals surface area contributed by atoms with Gasteiger partial charge in [0.1, 0.15) is 0 Å². The number of aliphatic hydroxyl groups excluding tert-OH is 1. The van der Waals surface area contributed by atoms with Gasteiger partial charge in [-0.15, -0.1) is 0 Å². The molecule has 0 amide bonds. The van der Waals surface area contributed by atoms with Crippen molar-refractivity contribution in [3.05, 3.63) is 35.4 Å². The van der Waals surface area contributed by atoms with Gasteiger partial charge >= 0.3 is 35.5 Å². The topological polar surface area (TPSA) is 57.5 Å². The summed E-state index contributed by atoms with van der Waals surface area (Å²) in [6.45, 7) is 3.47. The Morgan fingerprint density at radius 3 is 2.19 bits per heavy atom. The van der Waals surface area contributed by atoms with Gasteiger partial charge in [-0.1, -0.05) is 24.3 Å². The third-order valence-corrected chi connectivity index (χ3v) is 2.61. The number of hydrogen-bond acceptors (Lipinski definition) is 2. The van der Waals surface area contributed by atoms with Crippen LogP contribution in [0.4, 0.5) is 0 Å². The van der Waals surface area contributed by atoms with Crippen molar-refractivity contribution in [3.63, 3.8) is 0 Å². The van der Waals surface area contributed by atoms with Crippen molar-refractivity contribution in [1.29, 1.82) is 0 Å². The average Bonchev–Trinajstić information content (AvgIpc) is 2.19. The molecule has 0 aromatic heterocycles. The molecule has 2 N–H and O–H groups in total. The largest absolute Gasteiger partial charge is 1.00 e. The van der Waals surface area contributed by atoms with E-state index in [4.69, 9.17) is 10.2 Å². The number of aliphatic hydroxyl groups is 1. The Morgan fingerprint density at radius 2 is 1.81 bits per heavy atom. The summed E-state index contributed by atoms with van der Waals surface area (Å²) < 4.78 is 0. The standard InChI is InChI=1S/C12H16O3.Na.H/c1-12(2,11(14)15)10-5-3-9(4-6-10)7-8-13;;/h3-6,13H,7-8H2,1-2H3,(H,14,15);;/q;+1;-1. The average molecular weight is 232 g/mol. The van der Waals surface area contributed by atoms with Crippen molar-refractivity contribution >= 4 is 5.97 Å². The molecule has 0 fully saturated rings. The van der Waals surface area contributed by atoms with Gasteiger partial charge in [0.25, 0.3) is 0 Å². The van der Waals surface area contributed by atoms with Crippen LogP contribution in [0.2, 0.25) is 0 Å². The summed E-state index contributed by atoms with van der Waals surface area (Å²) in [6.07, 6.45) is 0.605. The van der Waals surface area contributed by atoms with E-state index in [-0.39, 0.29) is 37.6 Å². The maximum absolute atomic E-state index is 11.0. The van der Waals surface area contributed by atoms with Gasteiger partial charge in [0, 0.05) is 6.61 Å². The van der Waals surface area contributed by atoms with Crippen LogP contribution in [-0.4, -0.2) is 22.8 Å². The van der Waals surface area contributed by atoms with Crippen LogP contribution in [0.3, 0.4) is 0 Å². The van der Waals surface area contributed by atoms with Crippen LogP contribution in [0, 0.1) is 0 Å². The Hall–Kier alpha value is -0.350. The predicted octanol–water partition coefficient (Wildman–Crippen LogP) is -1.30. The maximum Gasteiger partial charge on any atom is 1.00 e. The van der Waals surface area contributed by atoms with Crippen molar-refractivity contribution in [2.75, 3.05) is 6.61 Å². The minimum absolute atomic E-state index is 0. The normalized spacial score (nSPS) is 10.7. The van der Waals surface area contributed by atoms with E-state index in [9.17, 15) is 4.79 Å². The van der Waals surface area contributed by atoms with Gasteiger partial charge in [0.2, 0.25) is 0 Å². The monoisotopic (exact) mass is 232 g/mol. The first kappa shape index (κ1) is 15.7. The Labute approximate surface area is 119 Å². The molecular formula is C12H17NaO3. The molecule has 3 nitrogen and oxygen atoms in total. The van der Waals surface area contributed by atoms with Crippen molar-refractivity contribution < 1.29 is 46.0 Å². The van der Waals surface area contributed by atoms with Crippen LogP contribution in [0.15, 0.2) is 24.3 Å². The summed E-state index contributed by atoms with van der Waals surface area (Å²) in [4.78, 5) is 11.0. The van der Waals surface area contributed by atoms with Crippen LogP contribution in [-0.2, 0) is 16.6 Å². The third kappa shape index (κ3) is 3.59. The van der Waals surface area contributed by atoms with Gasteiger partial charge in [-0.05, 0) is 31.4 Å². The number of benzene rings is 1. The molecular weight excluding hydrogens is 215 g/mol. The first-order chi connectivity index (χ1) is 6.98. The van der Waals surface area contributed by atoms with Crippen LogP contribution in [0.25, 0.3) is 0 Å². The number of aliphatic carboxylic acids is 1. The molecule has 0 aliphatic rings. The Morgan fingerprint density at radius 1 is 1.31 bits per heavy atom. The molecule has 0 saturated heterocycles. The molecule has 0 unspecified atom stereocenters. The van der Waals surface area contributed by atoms with E-state index in [0.717, 1.165) is 11.1 Å². The SMILES string of the molecule is CC(C)(C(=O)O)c1ccc(CCO)cc1.[H-].[Na+]. The van der Waals surface area contributed by atoms with E-state index in [2.05, 4.69) is 0 Å². The number of carboxylic acids is 1. The van der Waals surface area contributed by atoms with Gasteiger partial charge < -0.3 is 11.6 Å². The molecule has 0 radical (unpaired) electrons. The fourth-order valence-corrected chi connectivity index (χ4v) is 1.34. The predicted molar refractivity (Wildman–Crippen MR) is 59.0 cm³/mol. The molecule has 0 aliphatic heterocycles. The van der Waals surface area contributed by atoms with Crippen molar-refractivity contribution in [2.24, 2.45) is 0 Å². The van der Waals surface area contributed by atoms with Crippen molar-refractivity contribution in [2.45, 2.75) is 25.7 Å². The smallest absolute Gasteiger partial charge is 1.00 e. The van der Waals surface area contributed by atoms with Gasteiger partial charge in [-0.25, -0.2) is 0 Å². The number of carbonyl (C=O) groups is 1. The minimum Gasteiger partial charge on any atom is -1.00 e. The molecule has 0 spiro atoms. The van der Waals surface area contributed by atoms with Crippen molar-refractivity contribution in [3.8, 4) is 0 Å². The molecule has 0 saturated carbocycles. The van der Waals surface area contributed by atoms with Crippen molar-refractivity contribution in [1.82, 2.24) is 0 Å². The summed E-state index contributed by atoms with van der Waals surface area (Å²) in [7, 11) is 0. The van der Waals surface area contributed by atoms with Crippen LogP contribution >= 0.6 is 0 Å². The van der Waals surface area contributed by atoms with E-state index in [1.807, 2.05) is 12.1 Å². The fourth-order valence-electron chi connectivity index (χ4n) is 1.34. The van der Waals surface area contributed by atoms with Crippen LogP contribution < -0.4 is 29.6 Å². The van der Waals surface area contributed by atoms with E-state index < -0.39 is 11.4 Å². The summed E-state index contributed by atoms with van der Waals surface area (Å²) in [6, 6.07) is 7.32. The number of hydrogen-bond donors (Lipinski definition) is 2. The van der Waals surface area contributed by atoms with Gasteiger partial charge in [0.15, 0.2) is 0 Å². The second-order valence-corrected chi connectivity index (χ2v) is 4.10. The molecule has 1 rings (SSSR count). The third-order valence-electron chi connectivity index (χ3n) is 2.61. The molecule has 0 atom stereocenters.